The number of hydrogen-bond donors (Lipinski definition) is 2. The van der Waals surface area contributed by atoms with Crippen LogP contribution in [-0.2, 0) is 0 Å². The van der Waals surface area contributed by atoms with Crippen molar-refractivity contribution in [1.29, 1.82) is 5.41 Å². The molecule has 6 heteroatoms. The van der Waals surface area contributed by atoms with Crippen LogP contribution in [0.25, 0.3) is 0 Å². The molecule has 0 bridgehead atoms. The quantitative estimate of drug-likeness (QED) is 0.666. The molecule has 1 aromatic carbocycles. The number of nitrogen functional groups attached to an aromatic ring is 1. The van der Waals surface area contributed by atoms with Crippen molar-refractivity contribution in [3.63, 3.8) is 0 Å². The molecule has 100 valence electrons. The molecule has 3 N–H and O–H groups in total. The molecule has 0 fully saturated rings. The highest BCUT2D eigenvalue weighted by molar-refractivity contribution is 5.97. The lowest BCUT2D eigenvalue weighted by Crippen LogP contribution is -2.12. The smallest absolute Gasteiger partial charge is 0.230 e. The Balaban J connectivity index is 0.00000180. The van der Waals surface area contributed by atoms with E-state index in [0.717, 1.165) is 0 Å². The molecule has 2 aromatic rings. The summed E-state index contributed by atoms with van der Waals surface area (Å²) in [7, 11) is 1.56. The summed E-state index contributed by atoms with van der Waals surface area (Å²) in [6, 6.07) is 10.6. The molecule has 0 saturated heterocycles. The van der Waals surface area contributed by atoms with E-state index in [0.29, 0.717) is 17.1 Å². The molecule has 0 radical (unpaired) electrons. The zero-order chi connectivity index (χ0) is 13.0. The first-order valence-corrected chi connectivity index (χ1v) is 5.32. The Morgan fingerprint density at radius 1 is 1.16 bits per heavy atom. The van der Waals surface area contributed by atoms with Crippen LogP contribution >= 0.6 is 12.4 Å². The monoisotopic (exact) mass is 279 g/mol. The topological polar surface area (TPSA) is 81.2 Å². The molecule has 1 heterocycles. The lowest BCUT2D eigenvalue weighted by atomic mass is 10.2. The van der Waals surface area contributed by atoms with Crippen LogP contribution in [-0.4, -0.2) is 17.9 Å². The first-order valence-electron chi connectivity index (χ1n) is 5.32. The molecule has 1 aromatic heterocycles. The SMILES string of the molecule is COc1ccccc1Oc1ncccc1C(=N)N.Cl. The van der Waals surface area contributed by atoms with Gasteiger partial charge in [0.15, 0.2) is 11.5 Å². The summed E-state index contributed by atoms with van der Waals surface area (Å²) < 4.78 is 10.8. The maximum absolute atomic E-state index is 7.47. The molecular weight excluding hydrogens is 266 g/mol. The lowest BCUT2D eigenvalue weighted by molar-refractivity contribution is 0.374. The number of aromatic nitrogens is 1. The summed E-state index contributed by atoms with van der Waals surface area (Å²) in [6.45, 7) is 0. The Hall–Kier alpha value is -2.27. The number of amidine groups is 1. The summed E-state index contributed by atoms with van der Waals surface area (Å²) >= 11 is 0. The zero-order valence-corrected chi connectivity index (χ0v) is 11.1. The number of nitrogens with two attached hydrogens (primary N) is 1. The Labute approximate surface area is 117 Å². The van der Waals surface area contributed by atoms with E-state index in [1.54, 1.807) is 37.6 Å². The van der Waals surface area contributed by atoms with Gasteiger partial charge in [0.2, 0.25) is 5.88 Å². The third-order valence-corrected chi connectivity index (χ3v) is 2.34. The summed E-state index contributed by atoms with van der Waals surface area (Å²) in [5.41, 5.74) is 5.92. The summed E-state index contributed by atoms with van der Waals surface area (Å²) in [4.78, 5) is 4.07. The number of para-hydroxylation sites is 2. The van der Waals surface area contributed by atoms with Gasteiger partial charge in [-0.3, -0.25) is 5.41 Å². The number of hydrogen-bond acceptors (Lipinski definition) is 4. The molecule has 0 atom stereocenters. The van der Waals surface area contributed by atoms with Gasteiger partial charge in [-0.2, -0.15) is 0 Å². The van der Waals surface area contributed by atoms with Gasteiger partial charge in [0.25, 0.3) is 0 Å². The van der Waals surface area contributed by atoms with Gasteiger partial charge >= 0.3 is 0 Å². The number of nitrogens with one attached hydrogen (secondary N) is 1. The molecule has 19 heavy (non-hydrogen) atoms. The van der Waals surface area contributed by atoms with Gasteiger partial charge in [-0.1, -0.05) is 12.1 Å². The van der Waals surface area contributed by atoms with Crippen LogP contribution in [0, 0.1) is 5.41 Å². The molecule has 0 unspecified atom stereocenters. The highest BCUT2D eigenvalue weighted by Gasteiger charge is 2.11. The minimum Gasteiger partial charge on any atom is -0.493 e. The minimum absolute atomic E-state index is 0. The maximum Gasteiger partial charge on any atom is 0.230 e. The average Bonchev–Trinajstić information content (AvgIpc) is 2.40. The molecule has 0 aliphatic carbocycles. The first-order chi connectivity index (χ1) is 8.72. The van der Waals surface area contributed by atoms with Crippen LogP contribution in [0.1, 0.15) is 5.56 Å². The van der Waals surface area contributed by atoms with E-state index in [1.807, 2.05) is 12.1 Å². The van der Waals surface area contributed by atoms with E-state index in [1.165, 1.54) is 0 Å². The van der Waals surface area contributed by atoms with Crippen molar-refractivity contribution in [3.8, 4) is 17.4 Å². The van der Waals surface area contributed by atoms with Crippen molar-refractivity contribution in [1.82, 2.24) is 4.98 Å². The van der Waals surface area contributed by atoms with Gasteiger partial charge in [-0.05, 0) is 24.3 Å². The van der Waals surface area contributed by atoms with Crippen LogP contribution in [0.4, 0.5) is 0 Å². The van der Waals surface area contributed by atoms with Gasteiger partial charge in [-0.15, -0.1) is 12.4 Å². The van der Waals surface area contributed by atoms with Crippen molar-refractivity contribution < 1.29 is 9.47 Å². The van der Waals surface area contributed by atoms with Crippen molar-refractivity contribution in [2.24, 2.45) is 5.73 Å². The molecule has 0 aliphatic rings. The largest absolute Gasteiger partial charge is 0.493 e. The predicted molar refractivity (Wildman–Crippen MR) is 75.6 cm³/mol. The Morgan fingerprint density at radius 3 is 2.47 bits per heavy atom. The molecular formula is C13H14ClN3O2. The average molecular weight is 280 g/mol. The Bertz CT molecular complexity index is 575. The molecule has 0 aliphatic heterocycles. The van der Waals surface area contributed by atoms with Crippen LogP contribution in [0.2, 0.25) is 0 Å². The molecule has 2 rings (SSSR count). The number of pyridine rings is 1. The fourth-order valence-corrected chi connectivity index (χ4v) is 1.48. The van der Waals surface area contributed by atoms with E-state index in [2.05, 4.69) is 4.98 Å². The van der Waals surface area contributed by atoms with E-state index in [9.17, 15) is 0 Å². The summed E-state index contributed by atoms with van der Waals surface area (Å²) in [5, 5.41) is 7.47. The highest BCUT2D eigenvalue weighted by Crippen LogP contribution is 2.31. The molecule has 0 spiro atoms. The van der Waals surface area contributed by atoms with Crippen LogP contribution < -0.4 is 15.2 Å². The maximum atomic E-state index is 7.47. The van der Waals surface area contributed by atoms with Gasteiger partial charge in [0.1, 0.15) is 5.84 Å². The summed E-state index contributed by atoms with van der Waals surface area (Å²) in [5.74, 6) is 1.32. The highest BCUT2D eigenvalue weighted by atomic mass is 35.5. The van der Waals surface area contributed by atoms with E-state index < -0.39 is 0 Å². The fraction of sp³-hybridized carbons (Fsp3) is 0.0769. The van der Waals surface area contributed by atoms with Crippen molar-refractivity contribution in [2.75, 3.05) is 7.11 Å². The van der Waals surface area contributed by atoms with Gasteiger partial charge in [0, 0.05) is 6.20 Å². The number of rotatable bonds is 4. The fourth-order valence-electron chi connectivity index (χ4n) is 1.48. The number of nitrogens with zero attached hydrogens (tertiary/aromatic N) is 1. The number of ether oxygens (including phenoxy) is 2. The number of halogens is 1. The zero-order valence-electron chi connectivity index (χ0n) is 10.3. The second kappa shape index (κ2) is 6.61. The van der Waals surface area contributed by atoms with E-state index >= 15 is 0 Å². The van der Waals surface area contributed by atoms with Crippen LogP contribution in [0.15, 0.2) is 42.6 Å². The summed E-state index contributed by atoms with van der Waals surface area (Å²) in [6.07, 6.45) is 1.58. The second-order valence-electron chi connectivity index (χ2n) is 3.52. The first kappa shape index (κ1) is 14.8. The molecule has 0 saturated carbocycles. The molecule has 0 amide bonds. The standard InChI is InChI=1S/C13H13N3O2.ClH/c1-17-10-6-2-3-7-11(10)18-13-9(12(14)15)5-4-8-16-13;/h2-8H,1H3,(H3,14,15);1H. The third kappa shape index (κ3) is 3.35. The third-order valence-electron chi connectivity index (χ3n) is 2.34. The van der Waals surface area contributed by atoms with E-state index in [4.69, 9.17) is 20.6 Å². The van der Waals surface area contributed by atoms with Crippen molar-refractivity contribution in [3.05, 3.63) is 48.2 Å². The van der Waals surface area contributed by atoms with Crippen LogP contribution in [0.5, 0.6) is 17.4 Å². The van der Waals surface area contributed by atoms with Crippen LogP contribution in [0.3, 0.4) is 0 Å². The van der Waals surface area contributed by atoms with Gasteiger partial charge in [0.05, 0.1) is 12.7 Å². The number of methoxy groups -OCH3 is 1. The number of benzene rings is 1. The molecule has 5 nitrogen and oxygen atoms in total. The Morgan fingerprint density at radius 2 is 1.84 bits per heavy atom. The predicted octanol–water partition coefficient (Wildman–Crippen LogP) is 2.59. The normalized spacial score (nSPS) is 9.32. The van der Waals surface area contributed by atoms with Gasteiger partial charge < -0.3 is 15.2 Å². The van der Waals surface area contributed by atoms with E-state index in [-0.39, 0.29) is 24.1 Å². The Kier molecular flexibility index (Phi) is 5.14. The minimum atomic E-state index is -0.0898. The lowest BCUT2D eigenvalue weighted by Gasteiger charge is -2.11. The second-order valence-corrected chi connectivity index (χ2v) is 3.52. The van der Waals surface area contributed by atoms with Crippen molar-refractivity contribution in [2.45, 2.75) is 0 Å². The van der Waals surface area contributed by atoms with Gasteiger partial charge in [-0.25, -0.2) is 4.98 Å². The van der Waals surface area contributed by atoms with Crippen molar-refractivity contribution >= 4 is 18.2 Å².